The minimum absolute atomic E-state index is 0.0759. The number of hydrogen-bond acceptors (Lipinski definition) is 5. The molecule has 0 amide bonds. The number of fused-ring (bicyclic) bond motifs is 1. The van der Waals surface area contributed by atoms with Gasteiger partial charge in [0.05, 0.1) is 25.3 Å². The summed E-state index contributed by atoms with van der Waals surface area (Å²) in [5.41, 5.74) is 1.90. The van der Waals surface area contributed by atoms with Gasteiger partial charge in [0, 0.05) is 10.7 Å². The van der Waals surface area contributed by atoms with E-state index >= 15 is 0 Å². The Bertz CT molecular complexity index is 684. The van der Waals surface area contributed by atoms with E-state index in [4.69, 9.17) is 4.74 Å². The third-order valence-corrected chi connectivity index (χ3v) is 3.47. The fourth-order valence-electron chi connectivity index (χ4n) is 1.84. The van der Waals surface area contributed by atoms with Crippen LogP contribution in [0, 0.1) is 0 Å². The molecule has 0 spiro atoms. The minimum atomic E-state index is -0.596. The smallest absolute Gasteiger partial charge is 0.356 e. The van der Waals surface area contributed by atoms with Gasteiger partial charge >= 0.3 is 11.9 Å². The zero-order chi connectivity index (χ0) is 14.7. The Morgan fingerprint density at radius 3 is 2.45 bits per heavy atom. The quantitative estimate of drug-likeness (QED) is 0.636. The highest BCUT2D eigenvalue weighted by molar-refractivity contribution is 9.08. The number of ether oxygens (including phenoxy) is 2. The molecule has 0 fully saturated rings. The average molecular weight is 338 g/mol. The van der Waals surface area contributed by atoms with Crippen LogP contribution in [0.5, 0.6) is 0 Å². The summed E-state index contributed by atoms with van der Waals surface area (Å²) in [5.74, 6) is -1.11. The van der Waals surface area contributed by atoms with Crippen molar-refractivity contribution in [3.8, 4) is 0 Å². The van der Waals surface area contributed by atoms with E-state index in [0.717, 1.165) is 5.56 Å². The second kappa shape index (κ2) is 6.00. The molecule has 0 radical (unpaired) electrons. The molecule has 1 aromatic carbocycles. The molecule has 104 valence electrons. The van der Waals surface area contributed by atoms with Crippen LogP contribution in [-0.2, 0) is 14.8 Å². The lowest BCUT2D eigenvalue weighted by atomic mass is 10.1. The molecule has 0 N–H and O–H groups in total. The summed E-state index contributed by atoms with van der Waals surface area (Å²) >= 11 is 3.36. The SMILES string of the molecule is COC(=O)c1cc(C(=O)OC)c2cc(CBr)ccc2n1. The van der Waals surface area contributed by atoms with Gasteiger partial charge < -0.3 is 9.47 Å². The molecule has 6 heteroatoms. The van der Waals surface area contributed by atoms with E-state index in [-0.39, 0.29) is 5.69 Å². The van der Waals surface area contributed by atoms with Crippen LogP contribution in [0.15, 0.2) is 24.3 Å². The number of methoxy groups -OCH3 is 2. The zero-order valence-electron chi connectivity index (χ0n) is 11.0. The Morgan fingerprint density at radius 1 is 1.15 bits per heavy atom. The van der Waals surface area contributed by atoms with Gasteiger partial charge in [-0.1, -0.05) is 22.0 Å². The number of aromatic nitrogens is 1. The maximum Gasteiger partial charge on any atom is 0.356 e. The van der Waals surface area contributed by atoms with Gasteiger partial charge in [0.15, 0.2) is 0 Å². The largest absolute Gasteiger partial charge is 0.465 e. The molecule has 1 aromatic heterocycles. The van der Waals surface area contributed by atoms with Crippen LogP contribution in [0.2, 0.25) is 0 Å². The highest BCUT2D eigenvalue weighted by Crippen LogP contribution is 2.22. The molecule has 0 saturated heterocycles. The third kappa shape index (κ3) is 2.65. The number of hydrogen-bond donors (Lipinski definition) is 0. The van der Waals surface area contributed by atoms with Crippen molar-refractivity contribution in [1.29, 1.82) is 0 Å². The average Bonchev–Trinajstić information content (AvgIpc) is 2.51. The fourth-order valence-corrected chi connectivity index (χ4v) is 2.19. The maximum atomic E-state index is 11.9. The number of rotatable bonds is 3. The molecule has 2 aromatic rings. The van der Waals surface area contributed by atoms with E-state index in [1.807, 2.05) is 12.1 Å². The van der Waals surface area contributed by atoms with Crippen molar-refractivity contribution in [2.45, 2.75) is 5.33 Å². The number of pyridine rings is 1. The third-order valence-electron chi connectivity index (χ3n) is 2.83. The van der Waals surface area contributed by atoms with Crippen LogP contribution >= 0.6 is 15.9 Å². The molecule has 0 aliphatic rings. The van der Waals surface area contributed by atoms with E-state index < -0.39 is 11.9 Å². The number of nitrogens with zero attached hydrogens (tertiary/aromatic N) is 1. The normalized spacial score (nSPS) is 10.3. The predicted octanol–water partition coefficient (Wildman–Crippen LogP) is 2.70. The monoisotopic (exact) mass is 337 g/mol. The van der Waals surface area contributed by atoms with Crippen LogP contribution in [0.3, 0.4) is 0 Å². The van der Waals surface area contributed by atoms with Gasteiger partial charge in [-0.05, 0) is 23.8 Å². The molecule has 0 atom stereocenters. The summed E-state index contributed by atoms with van der Waals surface area (Å²) in [5, 5.41) is 1.30. The van der Waals surface area contributed by atoms with Crippen LogP contribution in [0.25, 0.3) is 10.9 Å². The van der Waals surface area contributed by atoms with Gasteiger partial charge in [0.25, 0.3) is 0 Å². The standard InChI is InChI=1S/C14H12BrNO4/c1-19-13(17)10-6-12(14(18)20-2)16-11-4-3-8(7-15)5-9(10)11/h3-6H,7H2,1-2H3. The van der Waals surface area contributed by atoms with E-state index in [2.05, 4.69) is 25.7 Å². The summed E-state index contributed by atoms with van der Waals surface area (Å²) in [6, 6.07) is 6.85. The summed E-state index contributed by atoms with van der Waals surface area (Å²) in [4.78, 5) is 27.7. The Kier molecular flexibility index (Phi) is 4.34. The Hall–Kier alpha value is -1.95. The van der Waals surface area contributed by atoms with Crippen LogP contribution in [-0.4, -0.2) is 31.1 Å². The lowest BCUT2D eigenvalue weighted by molar-refractivity contribution is 0.0594. The zero-order valence-corrected chi connectivity index (χ0v) is 12.6. The molecule has 0 aliphatic carbocycles. The van der Waals surface area contributed by atoms with Crippen molar-refractivity contribution in [2.24, 2.45) is 0 Å². The van der Waals surface area contributed by atoms with E-state index in [1.165, 1.54) is 20.3 Å². The Labute approximate surface area is 124 Å². The van der Waals surface area contributed by atoms with Crippen molar-refractivity contribution in [1.82, 2.24) is 4.98 Å². The number of esters is 2. The van der Waals surface area contributed by atoms with Gasteiger partial charge in [0.2, 0.25) is 0 Å². The van der Waals surface area contributed by atoms with Crippen LogP contribution in [0.4, 0.5) is 0 Å². The Morgan fingerprint density at radius 2 is 1.85 bits per heavy atom. The summed E-state index contributed by atoms with van der Waals surface area (Å²) < 4.78 is 9.39. The summed E-state index contributed by atoms with van der Waals surface area (Å²) in [7, 11) is 2.56. The first-order valence-corrected chi connectivity index (χ1v) is 6.89. The first-order valence-electron chi connectivity index (χ1n) is 5.77. The molecule has 1 heterocycles. The molecule has 20 heavy (non-hydrogen) atoms. The van der Waals surface area contributed by atoms with Gasteiger partial charge in [-0.3, -0.25) is 0 Å². The van der Waals surface area contributed by atoms with Gasteiger partial charge in [-0.15, -0.1) is 0 Å². The van der Waals surface area contributed by atoms with Crippen molar-refractivity contribution in [3.63, 3.8) is 0 Å². The first-order chi connectivity index (χ1) is 9.60. The highest BCUT2D eigenvalue weighted by atomic mass is 79.9. The Balaban J connectivity index is 2.74. The molecular weight excluding hydrogens is 326 g/mol. The second-order valence-corrected chi connectivity index (χ2v) is 4.58. The van der Waals surface area contributed by atoms with Crippen molar-refractivity contribution < 1.29 is 19.1 Å². The highest BCUT2D eigenvalue weighted by Gasteiger charge is 2.17. The number of halogens is 1. The molecular formula is C14H12BrNO4. The first kappa shape index (κ1) is 14.5. The van der Waals surface area contributed by atoms with E-state index in [9.17, 15) is 9.59 Å². The fraction of sp³-hybridized carbons (Fsp3) is 0.214. The summed E-state index contributed by atoms with van der Waals surface area (Å²) in [6.45, 7) is 0. The molecule has 2 rings (SSSR count). The van der Waals surface area contributed by atoms with Crippen LogP contribution in [0.1, 0.15) is 26.4 Å². The summed E-state index contributed by atoms with van der Waals surface area (Å²) in [6.07, 6.45) is 0. The van der Waals surface area contributed by atoms with Gasteiger partial charge in [-0.25, -0.2) is 14.6 Å². The number of alkyl halides is 1. The van der Waals surface area contributed by atoms with E-state index in [1.54, 1.807) is 6.07 Å². The van der Waals surface area contributed by atoms with Gasteiger partial charge in [-0.2, -0.15) is 0 Å². The molecule has 5 nitrogen and oxygen atoms in total. The lowest BCUT2D eigenvalue weighted by Crippen LogP contribution is -2.09. The predicted molar refractivity (Wildman–Crippen MR) is 77.1 cm³/mol. The van der Waals surface area contributed by atoms with Crippen molar-refractivity contribution >= 4 is 38.8 Å². The topological polar surface area (TPSA) is 65.5 Å². The molecule has 0 saturated carbocycles. The number of benzene rings is 1. The van der Waals surface area contributed by atoms with E-state index in [0.29, 0.717) is 21.8 Å². The number of carbonyl (C=O) groups is 2. The molecule has 0 aliphatic heterocycles. The van der Waals surface area contributed by atoms with Crippen LogP contribution < -0.4 is 0 Å². The van der Waals surface area contributed by atoms with Gasteiger partial charge in [0.1, 0.15) is 5.69 Å². The van der Waals surface area contributed by atoms with Crippen molar-refractivity contribution in [3.05, 3.63) is 41.1 Å². The maximum absolute atomic E-state index is 11.9. The lowest BCUT2D eigenvalue weighted by Gasteiger charge is -2.08. The minimum Gasteiger partial charge on any atom is -0.465 e. The molecule has 0 bridgehead atoms. The second-order valence-electron chi connectivity index (χ2n) is 4.02. The molecule has 0 unspecified atom stereocenters. The number of carbonyl (C=O) groups excluding carboxylic acids is 2. The van der Waals surface area contributed by atoms with Crippen molar-refractivity contribution in [2.75, 3.05) is 14.2 Å².